The van der Waals surface area contributed by atoms with Crippen LogP contribution < -0.4 is 9.64 Å². The number of hydrogen-bond acceptors (Lipinski definition) is 5. The van der Waals surface area contributed by atoms with Gasteiger partial charge in [0.05, 0.1) is 32.8 Å². The van der Waals surface area contributed by atoms with E-state index < -0.39 is 23.4 Å². The number of carbonyl (C=O) groups excluding carboxylic acids is 2. The van der Waals surface area contributed by atoms with Gasteiger partial charge in [-0.15, -0.1) is 0 Å². The molecule has 3 aliphatic rings. The quantitative estimate of drug-likeness (QED) is 0.618. The molecule has 1 amide bonds. The molecule has 2 fully saturated rings. The molecular formula is C17H17NO5. The minimum Gasteiger partial charge on any atom is -0.497 e. The summed E-state index contributed by atoms with van der Waals surface area (Å²) in [5.41, 5.74) is 0.0456. The second kappa shape index (κ2) is 4.83. The predicted molar refractivity (Wildman–Crippen MR) is 81.1 cm³/mol. The second-order valence-corrected chi connectivity index (χ2v) is 6.05. The molecule has 0 radical (unpaired) electrons. The van der Waals surface area contributed by atoms with Gasteiger partial charge < -0.3 is 19.1 Å². The van der Waals surface area contributed by atoms with Crippen LogP contribution in [-0.2, 0) is 19.1 Å². The highest BCUT2D eigenvalue weighted by molar-refractivity contribution is 6.02. The first kappa shape index (κ1) is 14.3. The molecule has 1 aromatic carbocycles. The van der Waals surface area contributed by atoms with Gasteiger partial charge in [0.2, 0.25) is 5.91 Å². The van der Waals surface area contributed by atoms with Crippen molar-refractivity contribution in [3.05, 3.63) is 36.4 Å². The fourth-order valence-electron chi connectivity index (χ4n) is 3.88. The van der Waals surface area contributed by atoms with Gasteiger partial charge in [0, 0.05) is 5.69 Å². The Balaban J connectivity index is 1.68. The maximum absolute atomic E-state index is 12.9. The molecule has 4 rings (SSSR count). The highest BCUT2D eigenvalue weighted by atomic mass is 16.5. The number of carbonyl (C=O) groups is 2. The molecule has 3 heterocycles. The fraction of sp³-hybridized carbons (Fsp3) is 0.412. The van der Waals surface area contributed by atoms with Gasteiger partial charge in [-0.2, -0.15) is 0 Å². The molecule has 0 saturated carbocycles. The van der Waals surface area contributed by atoms with Crippen molar-refractivity contribution >= 4 is 17.6 Å². The number of methoxy groups -OCH3 is 2. The van der Waals surface area contributed by atoms with Gasteiger partial charge in [0.1, 0.15) is 17.3 Å². The van der Waals surface area contributed by atoms with Crippen molar-refractivity contribution in [2.45, 2.75) is 11.7 Å². The Labute approximate surface area is 133 Å². The van der Waals surface area contributed by atoms with E-state index in [4.69, 9.17) is 14.2 Å². The summed E-state index contributed by atoms with van der Waals surface area (Å²) in [4.78, 5) is 26.7. The monoisotopic (exact) mass is 315 g/mol. The summed E-state index contributed by atoms with van der Waals surface area (Å²) in [7, 11) is 2.93. The second-order valence-electron chi connectivity index (χ2n) is 6.05. The van der Waals surface area contributed by atoms with E-state index in [9.17, 15) is 9.59 Å². The molecular weight excluding hydrogens is 298 g/mol. The van der Waals surface area contributed by atoms with E-state index in [1.807, 2.05) is 24.3 Å². The first-order chi connectivity index (χ1) is 11.1. The number of amides is 1. The summed E-state index contributed by atoms with van der Waals surface area (Å²) < 4.78 is 16.0. The van der Waals surface area contributed by atoms with Gasteiger partial charge in [-0.1, -0.05) is 12.2 Å². The van der Waals surface area contributed by atoms with Crippen LogP contribution in [0.5, 0.6) is 5.75 Å². The van der Waals surface area contributed by atoms with E-state index in [0.717, 1.165) is 11.4 Å². The molecule has 23 heavy (non-hydrogen) atoms. The van der Waals surface area contributed by atoms with Crippen molar-refractivity contribution in [3.8, 4) is 5.75 Å². The normalized spacial score (nSPS) is 33.9. The van der Waals surface area contributed by atoms with Gasteiger partial charge in [0.15, 0.2) is 0 Å². The van der Waals surface area contributed by atoms with Crippen LogP contribution in [0.15, 0.2) is 36.4 Å². The Bertz CT molecular complexity index is 697. The standard InChI is InChI=1S/C17H17NO5/c1-21-11-5-3-10(4-6-11)18-9-17-8-7-12(23-17)13(16(20)22-2)14(17)15(18)19/h3-8,12-14H,9H2,1-2H3/t12-,13+,14-,17?/m1/s1. The number of hydrogen-bond donors (Lipinski definition) is 0. The lowest BCUT2D eigenvalue weighted by Crippen LogP contribution is -2.39. The lowest BCUT2D eigenvalue weighted by Gasteiger charge is -2.22. The SMILES string of the molecule is COC(=O)[C@H]1[C@H]2C=CC3(CN(c4ccc(OC)cc4)C(=O)[C@@H]13)O2. The third-order valence-corrected chi connectivity index (χ3v) is 4.96. The van der Waals surface area contributed by atoms with E-state index in [1.54, 1.807) is 24.1 Å². The molecule has 3 aliphatic heterocycles. The van der Waals surface area contributed by atoms with Crippen LogP contribution in [0.2, 0.25) is 0 Å². The summed E-state index contributed by atoms with van der Waals surface area (Å²) >= 11 is 0. The molecule has 1 aromatic rings. The average molecular weight is 315 g/mol. The summed E-state index contributed by atoms with van der Waals surface area (Å²) in [6, 6.07) is 7.27. The largest absolute Gasteiger partial charge is 0.497 e. The molecule has 6 nitrogen and oxygen atoms in total. The molecule has 6 heteroatoms. The van der Waals surface area contributed by atoms with Crippen LogP contribution in [-0.4, -0.2) is 44.3 Å². The highest BCUT2D eigenvalue weighted by Gasteiger charge is 2.67. The van der Waals surface area contributed by atoms with Crippen LogP contribution >= 0.6 is 0 Å². The highest BCUT2D eigenvalue weighted by Crippen LogP contribution is 2.52. The summed E-state index contributed by atoms with van der Waals surface area (Å²) in [5.74, 6) is -0.857. The van der Waals surface area contributed by atoms with Crippen LogP contribution in [0.4, 0.5) is 5.69 Å². The molecule has 2 bridgehead atoms. The number of anilines is 1. The zero-order valence-electron chi connectivity index (χ0n) is 12.9. The molecule has 120 valence electrons. The Morgan fingerprint density at radius 1 is 1.30 bits per heavy atom. The van der Waals surface area contributed by atoms with E-state index in [0.29, 0.717) is 6.54 Å². The summed E-state index contributed by atoms with van der Waals surface area (Å²) in [5, 5.41) is 0. The van der Waals surface area contributed by atoms with Crippen LogP contribution in [0.3, 0.4) is 0 Å². The molecule has 0 aromatic heterocycles. The van der Waals surface area contributed by atoms with Crippen LogP contribution in [0.1, 0.15) is 0 Å². The van der Waals surface area contributed by atoms with Crippen molar-refractivity contribution in [2.24, 2.45) is 11.8 Å². The topological polar surface area (TPSA) is 65.1 Å². The zero-order valence-corrected chi connectivity index (χ0v) is 12.9. The van der Waals surface area contributed by atoms with Crippen molar-refractivity contribution in [1.82, 2.24) is 0 Å². The van der Waals surface area contributed by atoms with Crippen LogP contribution in [0, 0.1) is 11.8 Å². The Morgan fingerprint density at radius 3 is 2.70 bits per heavy atom. The minimum atomic E-state index is -0.722. The first-order valence-electron chi connectivity index (χ1n) is 7.50. The molecule has 0 N–H and O–H groups in total. The summed E-state index contributed by atoms with van der Waals surface area (Å²) in [6.07, 6.45) is 3.42. The molecule has 1 unspecified atom stereocenters. The smallest absolute Gasteiger partial charge is 0.312 e. The van der Waals surface area contributed by atoms with Gasteiger partial charge in [0.25, 0.3) is 0 Å². The third-order valence-electron chi connectivity index (χ3n) is 4.96. The lowest BCUT2D eigenvalue weighted by atomic mass is 9.77. The van der Waals surface area contributed by atoms with Crippen molar-refractivity contribution in [2.75, 3.05) is 25.7 Å². The van der Waals surface area contributed by atoms with Crippen LogP contribution in [0.25, 0.3) is 0 Å². The maximum Gasteiger partial charge on any atom is 0.312 e. The number of ether oxygens (including phenoxy) is 3. The molecule has 4 atom stereocenters. The number of benzene rings is 1. The maximum atomic E-state index is 12.9. The Kier molecular flexibility index (Phi) is 2.99. The predicted octanol–water partition coefficient (Wildman–Crippen LogP) is 1.15. The number of esters is 1. The number of nitrogens with zero attached hydrogens (tertiary/aromatic N) is 1. The molecule has 1 spiro atoms. The van der Waals surface area contributed by atoms with E-state index >= 15 is 0 Å². The fourth-order valence-corrected chi connectivity index (χ4v) is 3.88. The van der Waals surface area contributed by atoms with Gasteiger partial charge in [-0.25, -0.2) is 0 Å². The number of fused-ring (bicyclic) bond motifs is 1. The average Bonchev–Trinajstić information content (AvgIpc) is 3.22. The first-order valence-corrected chi connectivity index (χ1v) is 7.50. The number of rotatable bonds is 3. The van der Waals surface area contributed by atoms with Gasteiger partial charge in [-0.05, 0) is 24.3 Å². The van der Waals surface area contributed by atoms with Crippen molar-refractivity contribution < 1.29 is 23.8 Å². The van der Waals surface area contributed by atoms with E-state index in [1.165, 1.54) is 7.11 Å². The lowest BCUT2D eigenvalue weighted by molar-refractivity contribution is -0.149. The third kappa shape index (κ3) is 1.84. The Morgan fingerprint density at radius 2 is 2.04 bits per heavy atom. The Hall–Kier alpha value is -2.34. The van der Waals surface area contributed by atoms with Gasteiger partial charge in [-0.3, -0.25) is 9.59 Å². The van der Waals surface area contributed by atoms with E-state index in [2.05, 4.69) is 0 Å². The molecule has 0 aliphatic carbocycles. The van der Waals surface area contributed by atoms with Crippen molar-refractivity contribution in [3.63, 3.8) is 0 Å². The molecule has 2 saturated heterocycles. The van der Waals surface area contributed by atoms with Crippen molar-refractivity contribution in [1.29, 1.82) is 0 Å². The zero-order chi connectivity index (χ0) is 16.2. The minimum absolute atomic E-state index is 0.0996. The summed E-state index contributed by atoms with van der Waals surface area (Å²) in [6.45, 7) is 0.406. The van der Waals surface area contributed by atoms with Gasteiger partial charge >= 0.3 is 5.97 Å². The van der Waals surface area contributed by atoms with E-state index in [-0.39, 0.29) is 12.0 Å².